The molecule has 2 aromatic rings. The smallest absolute Gasteiger partial charge is 0.305 e. The maximum atomic E-state index is 11.7. The van der Waals surface area contributed by atoms with E-state index >= 15 is 0 Å². The molecule has 8 heteroatoms. The van der Waals surface area contributed by atoms with Crippen LogP contribution in [0.25, 0.3) is 0 Å². The van der Waals surface area contributed by atoms with Crippen molar-refractivity contribution in [2.45, 2.75) is 25.2 Å². The monoisotopic (exact) mass is 397 g/mol. The molecule has 3 rings (SSSR count). The SMILES string of the molecule is Cc1ccc(C=NN=C2NC(=O)C(CC(=O)O)S2)c(OCc2ccccc2)c1. The van der Waals surface area contributed by atoms with Crippen LogP contribution in [0.5, 0.6) is 5.75 Å². The van der Waals surface area contributed by atoms with E-state index in [1.807, 2.05) is 55.5 Å². The van der Waals surface area contributed by atoms with Gasteiger partial charge in [-0.25, -0.2) is 0 Å². The molecule has 1 unspecified atom stereocenters. The number of carboxylic acid groups (broad SMARTS) is 1. The van der Waals surface area contributed by atoms with Gasteiger partial charge in [-0.05, 0) is 30.2 Å². The fourth-order valence-electron chi connectivity index (χ4n) is 2.50. The van der Waals surface area contributed by atoms with Crippen LogP contribution in [0.4, 0.5) is 0 Å². The van der Waals surface area contributed by atoms with Gasteiger partial charge >= 0.3 is 5.97 Å². The molecule has 0 radical (unpaired) electrons. The van der Waals surface area contributed by atoms with Crippen molar-refractivity contribution in [3.05, 3.63) is 65.2 Å². The number of hydrogen-bond acceptors (Lipinski definition) is 6. The van der Waals surface area contributed by atoms with Crippen molar-refractivity contribution in [1.82, 2.24) is 5.32 Å². The number of amides is 1. The number of aliphatic carboxylic acids is 1. The minimum Gasteiger partial charge on any atom is -0.488 e. The number of amidine groups is 1. The van der Waals surface area contributed by atoms with Gasteiger partial charge in [0, 0.05) is 5.56 Å². The van der Waals surface area contributed by atoms with Gasteiger partial charge in [-0.2, -0.15) is 5.10 Å². The lowest BCUT2D eigenvalue weighted by atomic mass is 10.1. The van der Waals surface area contributed by atoms with Crippen molar-refractivity contribution in [2.24, 2.45) is 10.2 Å². The van der Waals surface area contributed by atoms with Crippen molar-refractivity contribution in [2.75, 3.05) is 0 Å². The van der Waals surface area contributed by atoms with Gasteiger partial charge in [0.05, 0.1) is 12.6 Å². The number of nitrogens with zero attached hydrogens (tertiary/aromatic N) is 2. The van der Waals surface area contributed by atoms with Crippen LogP contribution < -0.4 is 10.1 Å². The van der Waals surface area contributed by atoms with Crippen molar-refractivity contribution >= 4 is 35.0 Å². The Hall–Kier alpha value is -3.13. The number of hydrogen-bond donors (Lipinski definition) is 2. The van der Waals surface area contributed by atoms with Gasteiger partial charge in [0.25, 0.3) is 0 Å². The Labute approximate surface area is 166 Å². The number of nitrogens with one attached hydrogen (secondary N) is 1. The van der Waals surface area contributed by atoms with Crippen LogP contribution in [0.3, 0.4) is 0 Å². The summed E-state index contributed by atoms with van der Waals surface area (Å²) in [5.74, 6) is -0.722. The third kappa shape index (κ3) is 5.43. The predicted octanol–water partition coefficient (Wildman–Crippen LogP) is 2.97. The third-order valence-electron chi connectivity index (χ3n) is 3.89. The highest BCUT2D eigenvalue weighted by atomic mass is 32.2. The second kappa shape index (κ2) is 9.18. The fraction of sp³-hybridized carbons (Fsp3) is 0.200. The summed E-state index contributed by atoms with van der Waals surface area (Å²) in [4.78, 5) is 22.5. The van der Waals surface area contributed by atoms with Crippen LogP contribution in [0, 0.1) is 6.92 Å². The summed E-state index contributed by atoms with van der Waals surface area (Å²) in [5, 5.41) is 18.9. The van der Waals surface area contributed by atoms with Crippen molar-refractivity contribution in [1.29, 1.82) is 0 Å². The molecular formula is C20H19N3O4S. The van der Waals surface area contributed by atoms with E-state index in [9.17, 15) is 9.59 Å². The molecule has 1 saturated heterocycles. The van der Waals surface area contributed by atoms with E-state index in [1.54, 1.807) is 6.21 Å². The van der Waals surface area contributed by atoms with E-state index in [4.69, 9.17) is 9.84 Å². The van der Waals surface area contributed by atoms with Gasteiger partial charge in [-0.3, -0.25) is 9.59 Å². The molecule has 1 aliphatic heterocycles. The topological polar surface area (TPSA) is 100 Å². The van der Waals surface area contributed by atoms with E-state index in [-0.39, 0.29) is 17.5 Å². The molecule has 0 bridgehead atoms. The highest BCUT2D eigenvalue weighted by Gasteiger charge is 2.32. The first-order chi connectivity index (χ1) is 13.5. The molecule has 7 nitrogen and oxygen atoms in total. The minimum absolute atomic E-state index is 0.255. The first-order valence-corrected chi connectivity index (χ1v) is 9.47. The maximum absolute atomic E-state index is 11.7. The first-order valence-electron chi connectivity index (χ1n) is 8.59. The van der Waals surface area contributed by atoms with Crippen LogP contribution in [0.15, 0.2) is 58.7 Å². The number of carbonyl (C=O) groups is 2. The van der Waals surface area contributed by atoms with Crippen LogP contribution in [0.2, 0.25) is 0 Å². The number of carboxylic acids is 1. The van der Waals surface area contributed by atoms with Crippen LogP contribution in [0.1, 0.15) is 23.1 Å². The van der Waals surface area contributed by atoms with E-state index in [0.29, 0.717) is 12.4 Å². The van der Waals surface area contributed by atoms with Crippen LogP contribution in [-0.4, -0.2) is 33.6 Å². The Kier molecular flexibility index (Phi) is 6.44. The third-order valence-corrected chi connectivity index (χ3v) is 4.96. The van der Waals surface area contributed by atoms with Gasteiger partial charge in [0.15, 0.2) is 5.17 Å². The number of benzene rings is 2. The van der Waals surface area contributed by atoms with Gasteiger partial charge < -0.3 is 15.2 Å². The summed E-state index contributed by atoms with van der Waals surface area (Å²) < 4.78 is 5.92. The summed E-state index contributed by atoms with van der Waals surface area (Å²) in [7, 11) is 0. The quantitative estimate of drug-likeness (QED) is 0.553. The molecule has 1 atom stereocenters. The maximum Gasteiger partial charge on any atom is 0.305 e. The predicted molar refractivity (Wildman–Crippen MR) is 109 cm³/mol. The number of ether oxygens (including phenoxy) is 1. The normalized spacial score (nSPS) is 17.8. The molecule has 1 fully saturated rings. The average Bonchev–Trinajstić information content (AvgIpc) is 3.01. The lowest BCUT2D eigenvalue weighted by Gasteiger charge is -2.10. The highest BCUT2D eigenvalue weighted by molar-refractivity contribution is 8.15. The molecule has 0 aliphatic carbocycles. The van der Waals surface area contributed by atoms with E-state index < -0.39 is 11.2 Å². The molecule has 0 saturated carbocycles. The Morgan fingerprint density at radius 2 is 2.07 bits per heavy atom. The number of carbonyl (C=O) groups excluding carboxylic acids is 1. The molecule has 0 aromatic heterocycles. The zero-order chi connectivity index (χ0) is 19.9. The fourth-order valence-corrected chi connectivity index (χ4v) is 3.41. The second-order valence-corrected chi connectivity index (χ2v) is 7.35. The summed E-state index contributed by atoms with van der Waals surface area (Å²) in [5.41, 5.74) is 2.87. The standard InChI is InChI=1S/C20H19N3O4S/c1-13-7-8-15(16(9-13)27-12-14-5-3-2-4-6-14)11-21-23-20-22-19(26)17(28-20)10-18(24)25/h2-9,11,17H,10,12H2,1H3,(H,24,25)(H,22,23,26). The van der Waals surface area contributed by atoms with Gasteiger partial charge in [-0.15, -0.1) is 5.10 Å². The van der Waals surface area contributed by atoms with E-state index in [0.717, 1.165) is 28.5 Å². The van der Waals surface area contributed by atoms with Crippen molar-refractivity contribution in [3.8, 4) is 5.75 Å². The lowest BCUT2D eigenvalue weighted by molar-refractivity contribution is -0.138. The summed E-state index contributed by atoms with van der Waals surface area (Å²) in [6, 6.07) is 15.6. The molecule has 28 heavy (non-hydrogen) atoms. The first kappa shape index (κ1) is 19.6. The van der Waals surface area contributed by atoms with Crippen molar-refractivity contribution in [3.63, 3.8) is 0 Å². The van der Waals surface area contributed by atoms with Gasteiger partial charge in [0.2, 0.25) is 5.91 Å². The lowest BCUT2D eigenvalue weighted by Crippen LogP contribution is -2.26. The Balaban J connectivity index is 1.68. The van der Waals surface area contributed by atoms with Crippen molar-refractivity contribution < 1.29 is 19.4 Å². The number of aryl methyl sites for hydroxylation is 1. The van der Waals surface area contributed by atoms with E-state index in [2.05, 4.69) is 15.5 Å². The Morgan fingerprint density at radius 1 is 1.29 bits per heavy atom. The molecule has 1 aliphatic rings. The van der Waals surface area contributed by atoms with Gasteiger partial charge in [-0.1, -0.05) is 48.2 Å². The zero-order valence-electron chi connectivity index (χ0n) is 15.2. The summed E-state index contributed by atoms with van der Waals surface area (Å²) in [6.45, 7) is 2.41. The number of thioether (sulfide) groups is 1. The molecule has 1 amide bonds. The molecule has 2 N–H and O–H groups in total. The van der Waals surface area contributed by atoms with E-state index in [1.165, 1.54) is 0 Å². The molecule has 144 valence electrons. The van der Waals surface area contributed by atoms with Crippen LogP contribution in [-0.2, 0) is 16.2 Å². The second-order valence-electron chi connectivity index (χ2n) is 6.16. The highest BCUT2D eigenvalue weighted by Crippen LogP contribution is 2.23. The average molecular weight is 397 g/mol. The summed E-state index contributed by atoms with van der Waals surface area (Å²) >= 11 is 1.06. The van der Waals surface area contributed by atoms with Crippen LogP contribution >= 0.6 is 11.8 Å². The number of rotatable bonds is 7. The Bertz CT molecular complexity index is 928. The van der Waals surface area contributed by atoms with Gasteiger partial charge in [0.1, 0.15) is 17.6 Å². The Morgan fingerprint density at radius 3 is 2.82 bits per heavy atom. The minimum atomic E-state index is -1.03. The molecule has 1 heterocycles. The zero-order valence-corrected chi connectivity index (χ0v) is 16.0. The largest absolute Gasteiger partial charge is 0.488 e. The molecular weight excluding hydrogens is 378 g/mol. The molecule has 2 aromatic carbocycles. The molecule has 0 spiro atoms. The summed E-state index contributed by atoms with van der Waals surface area (Å²) in [6.07, 6.45) is 1.29.